The average Bonchev–Trinajstić information content (AvgIpc) is 3.34. The standard InChI is InChI=1S/C23H27FN4O2/c1-3-6-19-13-21(27(2)26-19)23(29)28-10-5-8-17(15-28)22-25-14-20(30-22)12-16-7-4-9-18(24)11-16/h4,7,9,11,13-14,17H,3,5-6,8,10,12,15H2,1-2H3. The number of likely N-dealkylation sites (tertiary alicyclic amines) is 1. The molecule has 2 aromatic heterocycles. The van der Waals surface area contributed by atoms with Crippen molar-refractivity contribution in [3.63, 3.8) is 0 Å². The van der Waals surface area contributed by atoms with E-state index in [4.69, 9.17) is 4.42 Å². The van der Waals surface area contributed by atoms with Crippen molar-refractivity contribution in [2.75, 3.05) is 13.1 Å². The van der Waals surface area contributed by atoms with Crippen LogP contribution < -0.4 is 0 Å². The first-order valence-corrected chi connectivity index (χ1v) is 10.5. The zero-order chi connectivity index (χ0) is 21.1. The van der Waals surface area contributed by atoms with E-state index in [0.29, 0.717) is 30.3 Å². The Hall–Kier alpha value is -2.96. The van der Waals surface area contributed by atoms with Gasteiger partial charge >= 0.3 is 0 Å². The van der Waals surface area contributed by atoms with E-state index in [1.54, 1.807) is 16.9 Å². The molecule has 1 aliphatic rings. The number of amides is 1. The van der Waals surface area contributed by atoms with Crippen molar-refractivity contribution in [1.82, 2.24) is 19.7 Å². The maximum Gasteiger partial charge on any atom is 0.272 e. The number of rotatable bonds is 6. The molecular weight excluding hydrogens is 383 g/mol. The van der Waals surface area contributed by atoms with Gasteiger partial charge in [-0.3, -0.25) is 9.48 Å². The molecule has 1 aromatic carbocycles. The third-order valence-electron chi connectivity index (χ3n) is 5.55. The molecule has 0 aliphatic carbocycles. The van der Waals surface area contributed by atoms with Crippen LogP contribution in [0.5, 0.6) is 0 Å². The fourth-order valence-electron chi connectivity index (χ4n) is 4.07. The SMILES string of the molecule is CCCc1cc(C(=O)N2CCCC(c3ncc(Cc4cccc(F)c4)o3)C2)n(C)n1. The van der Waals surface area contributed by atoms with Gasteiger partial charge in [0.25, 0.3) is 5.91 Å². The summed E-state index contributed by atoms with van der Waals surface area (Å²) in [5.41, 5.74) is 2.42. The molecule has 3 heterocycles. The first kappa shape index (κ1) is 20.3. The van der Waals surface area contributed by atoms with Crippen LogP contribution in [0.15, 0.2) is 40.9 Å². The maximum absolute atomic E-state index is 13.4. The minimum atomic E-state index is -0.258. The number of nitrogens with zero attached hydrogens (tertiary/aromatic N) is 4. The Morgan fingerprint density at radius 3 is 3.00 bits per heavy atom. The molecule has 0 saturated carbocycles. The van der Waals surface area contributed by atoms with E-state index in [-0.39, 0.29) is 17.6 Å². The highest BCUT2D eigenvalue weighted by Crippen LogP contribution is 2.28. The fourth-order valence-corrected chi connectivity index (χ4v) is 4.07. The molecule has 1 atom stereocenters. The molecule has 7 heteroatoms. The molecule has 0 spiro atoms. The lowest BCUT2D eigenvalue weighted by Gasteiger charge is -2.31. The van der Waals surface area contributed by atoms with E-state index in [0.717, 1.165) is 43.5 Å². The molecule has 158 valence electrons. The van der Waals surface area contributed by atoms with Crippen LogP contribution >= 0.6 is 0 Å². The van der Waals surface area contributed by atoms with Crippen LogP contribution in [0.3, 0.4) is 0 Å². The zero-order valence-corrected chi connectivity index (χ0v) is 17.5. The third kappa shape index (κ3) is 4.45. The molecule has 30 heavy (non-hydrogen) atoms. The van der Waals surface area contributed by atoms with Crippen LogP contribution in [0, 0.1) is 5.82 Å². The summed E-state index contributed by atoms with van der Waals surface area (Å²) in [5, 5.41) is 4.45. The first-order chi connectivity index (χ1) is 14.5. The molecule has 0 N–H and O–H groups in total. The van der Waals surface area contributed by atoms with E-state index >= 15 is 0 Å². The van der Waals surface area contributed by atoms with Gasteiger partial charge in [-0.15, -0.1) is 0 Å². The summed E-state index contributed by atoms with van der Waals surface area (Å²) >= 11 is 0. The van der Waals surface area contributed by atoms with Crippen molar-refractivity contribution < 1.29 is 13.6 Å². The summed E-state index contributed by atoms with van der Waals surface area (Å²) in [6.45, 7) is 3.40. The molecular formula is C23H27FN4O2. The second-order valence-electron chi connectivity index (χ2n) is 7.96. The van der Waals surface area contributed by atoms with Crippen LogP contribution in [0.2, 0.25) is 0 Å². The van der Waals surface area contributed by atoms with Crippen molar-refractivity contribution in [1.29, 1.82) is 0 Å². The van der Waals surface area contributed by atoms with Gasteiger partial charge in [0.05, 0.1) is 17.8 Å². The number of carbonyl (C=O) groups is 1. The maximum atomic E-state index is 13.4. The quantitative estimate of drug-likeness (QED) is 0.613. The molecule has 1 amide bonds. The van der Waals surface area contributed by atoms with Gasteiger partial charge in [-0.1, -0.05) is 25.5 Å². The Kier molecular flexibility index (Phi) is 5.97. The number of aromatic nitrogens is 3. The smallest absolute Gasteiger partial charge is 0.272 e. The molecule has 4 rings (SSSR count). The Morgan fingerprint density at radius 2 is 2.20 bits per heavy atom. The van der Waals surface area contributed by atoms with Gasteiger partial charge in [0, 0.05) is 26.6 Å². The Morgan fingerprint density at radius 1 is 1.33 bits per heavy atom. The summed E-state index contributed by atoms with van der Waals surface area (Å²) < 4.78 is 21.1. The van der Waals surface area contributed by atoms with Gasteiger partial charge in [-0.05, 0) is 43.0 Å². The highest BCUT2D eigenvalue weighted by Gasteiger charge is 2.29. The van der Waals surface area contributed by atoms with Gasteiger partial charge in [0.15, 0.2) is 5.89 Å². The molecule has 0 radical (unpaired) electrons. The van der Waals surface area contributed by atoms with Gasteiger partial charge in [-0.25, -0.2) is 9.37 Å². The fraction of sp³-hybridized carbons (Fsp3) is 0.435. The minimum absolute atomic E-state index is 0.00333. The number of carbonyl (C=O) groups excluding carboxylic acids is 1. The van der Waals surface area contributed by atoms with E-state index in [1.807, 2.05) is 24.1 Å². The number of oxazole rings is 1. The second kappa shape index (κ2) is 8.81. The van der Waals surface area contributed by atoms with Crippen LogP contribution in [0.25, 0.3) is 0 Å². The Bertz CT molecular complexity index is 1030. The van der Waals surface area contributed by atoms with Crippen LogP contribution in [0.4, 0.5) is 4.39 Å². The zero-order valence-electron chi connectivity index (χ0n) is 17.5. The summed E-state index contributed by atoms with van der Waals surface area (Å²) in [4.78, 5) is 19.4. The number of halogens is 1. The lowest BCUT2D eigenvalue weighted by Crippen LogP contribution is -2.40. The van der Waals surface area contributed by atoms with Crippen molar-refractivity contribution in [2.24, 2.45) is 7.05 Å². The van der Waals surface area contributed by atoms with Crippen LogP contribution in [-0.2, 0) is 19.9 Å². The molecule has 1 saturated heterocycles. The van der Waals surface area contributed by atoms with Gasteiger partial charge in [0.1, 0.15) is 17.3 Å². The predicted octanol–water partition coefficient (Wildman–Crippen LogP) is 4.11. The van der Waals surface area contributed by atoms with E-state index in [2.05, 4.69) is 17.0 Å². The summed E-state index contributed by atoms with van der Waals surface area (Å²) in [7, 11) is 1.82. The van der Waals surface area contributed by atoms with Crippen molar-refractivity contribution >= 4 is 5.91 Å². The van der Waals surface area contributed by atoms with E-state index < -0.39 is 0 Å². The topological polar surface area (TPSA) is 64.2 Å². The highest BCUT2D eigenvalue weighted by atomic mass is 19.1. The molecule has 1 unspecified atom stereocenters. The Balaban J connectivity index is 1.44. The highest BCUT2D eigenvalue weighted by molar-refractivity contribution is 5.92. The summed E-state index contributed by atoms with van der Waals surface area (Å²) in [6, 6.07) is 8.39. The first-order valence-electron chi connectivity index (χ1n) is 10.5. The number of aryl methyl sites for hydroxylation is 2. The monoisotopic (exact) mass is 410 g/mol. The normalized spacial score (nSPS) is 16.8. The third-order valence-corrected chi connectivity index (χ3v) is 5.55. The number of hydrogen-bond acceptors (Lipinski definition) is 4. The largest absolute Gasteiger partial charge is 0.445 e. The molecule has 1 aliphatic heterocycles. The summed E-state index contributed by atoms with van der Waals surface area (Å²) in [6.07, 6.45) is 5.90. The summed E-state index contributed by atoms with van der Waals surface area (Å²) in [5.74, 6) is 1.16. The lowest BCUT2D eigenvalue weighted by molar-refractivity contribution is 0.0686. The molecule has 1 fully saturated rings. The van der Waals surface area contributed by atoms with E-state index in [1.165, 1.54) is 12.1 Å². The van der Waals surface area contributed by atoms with E-state index in [9.17, 15) is 9.18 Å². The number of hydrogen-bond donors (Lipinski definition) is 0. The van der Waals surface area contributed by atoms with Gasteiger partial charge < -0.3 is 9.32 Å². The predicted molar refractivity (Wildman–Crippen MR) is 111 cm³/mol. The number of piperidine rings is 1. The molecule has 0 bridgehead atoms. The van der Waals surface area contributed by atoms with Crippen LogP contribution in [0.1, 0.15) is 65.5 Å². The average molecular weight is 410 g/mol. The van der Waals surface area contributed by atoms with Gasteiger partial charge in [-0.2, -0.15) is 5.10 Å². The van der Waals surface area contributed by atoms with Crippen molar-refractivity contribution in [3.05, 3.63) is 70.9 Å². The molecule has 6 nitrogen and oxygen atoms in total. The number of benzene rings is 1. The van der Waals surface area contributed by atoms with Gasteiger partial charge in [0.2, 0.25) is 0 Å². The van der Waals surface area contributed by atoms with Crippen molar-refractivity contribution in [3.8, 4) is 0 Å². The van der Waals surface area contributed by atoms with Crippen molar-refractivity contribution in [2.45, 2.75) is 44.9 Å². The Labute approximate surface area is 175 Å². The lowest BCUT2D eigenvalue weighted by atomic mass is 9.97. The van der Waals surface area contributed by atoms with Crippen LogP contribution in [-0.4, -0.2) is 38.7 Å². The minimum Gasteiger partial charge on any atom is -0.445 e. The molecule has 3 aromatic rings. The second-order valence-corrected chi connectivity index (χ2v) is 7.96.